The van der Waals surface area contributed by atoms with Gasteiger partial charge in [-0.05, 0) is 37.8 Å². The van der Waals surface area contributed by atoms with Gasteiger partial charge in [-0.15, -0.1) is 0 Å². The molecule has 1 aromatic carbocycles. The molecule has 21 heavy (non-hydrogen) atoms. The molecular formula is C17H22N2O2. The molecule has 0 bridgehead atoms. The number of rotatable bonds is 2. The van der Waals surface area contributed by atoms with Crippen molar-refractivity contribution in [3.63, 3.8) is 0 Å². The van der Waals surface area contributed by atoms with Crippen LogP contribution in [0, 0.1) is 12.8 Å². The van der Waals surface area contributed by atoms with Gasteiger partial charge in [0.25, 0.3) is 5.91 Å². The number of carbonyl (C=O) groups is 1. The van der Waals surface area contributed by atoms with Crippen LogP contribution in [0.1, 0.15) is 35.8 Å². The summed E-state index contributed by atoms with van der Waals surface area (Å²) in [4.78, 5) is 18.2. The zero-order valence-electron chi connectivity index (χ0n) is 12.9. The van der Waals surface area contributed by atoms with Gasteiger partial charge >= 0.3 is 0 Å². The van der Waals surface area contributed by atoms with Crippen LogP contribution >= 0.6 is 0 Å². The number of aryl methyl sites for hydroxylation is 1. The molecule has 1 unspecified atom stereocenters. The molecule has 0 aliphatic carbocycles. The van der Waals surface area contributed by atoms with Crippen LogP contribution < -0.4 is 4.74 Å². The third-order valence-electron chi connectivity index (χ3n) is 4.35. The second-order valence-electron chi connectivity index (χ2n) is 6.01. The number of piperidine rings is 1. The van der Waals surface area contributed by atoms with E-state index < -0.39 is 0 Å². The summed E-state index contributed by atoms with van der Waals surface area (Å²) in [5, 5.41) is 0.903. The lowest BCUT2D eigenvalue weighted by Crippen LogP contribution is -2.39. The first-order valence-electron chi connectivity index (χ1n) is 7.56. The van der Waals surface area contributed by atoms with Gasteiger partial charge in [0, 0.05) is 18.8 Å². The Morgan fingerprint density at radius 1 is 1.43 bits per heavy atom. The number of amides is 1. The summed E-state index contributed by atoms with van der Waals surface area (Å²) in [6.45, 7) is 5.87. The summed E-state index contributed by atoms with van der Waals surface area (Å²) >= 11 is 0. The fraction of sp³-hybridized carbons (Fsp3) is 0.471. The molecule has 2 aromatic rings. The van der Waals surface area contributed by atoms with Crippen LogP contribution in [0.25, 0.3) is 10.9 Å². The van der Waals surface area contributed by atoms with E-state index in [-0.39, 0.29) is 5.91 Å². The number of hydrogen-bond acceptors (Lipinski definition) is 2. The van der Waals surface area contributed by atoms with Crippen LogP contribution in [0.5, 0.6) is 5.75 Å². The minimum atomic E-state index is 0.120. The largest absolute Gasteiger partial charge is 0.496 e. The van der Waals surface area contributed by atoms with E-state index >= 15 is 0 Å². The van der Waals surface area contributed by atoms with Gasteiger partial charge in [-0.25, -0.2) is 0 Å². The maximum Gasteiger partial charge on any atom is 0.256 e. The molecule has 1 amide bonds. The van der Waals surface area contributed by atoms with Gasteiger partial charge < -0.3 is 14.6 Å². The van der Waals surface area contributed by atoms with E-state index in [2.05, 4.69) is 11.9 Å². The van der Waals surface area contributed by atoms with E-state index in [0.29, 0.717) is 5.92 Å². The van der Waals surface area contributed by atoms with Crippen LogP contribution in [-0.2, 0) is 0 Å². The van der Waals surface area contributed by atoms with Gasteiger partial charge in [0.2, 0.25) is 0 Å². The lowest BCUT2D eigenvalue weighted by atomic mass is 9.99. The number of nitrogens with zero attached hydrogens (tertiary/aromatic N) is 1. The number of aromatic nitrogens is 1. The highest BCUT2D eigenvalue weighted by atomic mass is 16.5. The van der Waals surface area contributed by atoms with Gasteiger partial charge in [0.1, 0.15) is 5.75 Å². The van der Waals surface area contributed by atoms with E-state index in [1.807, 2.05) is 30.0 Å². The number of fused-ring (bicyclic) bond motifs is 1. The molecule has 1 N–H and O–H groups in total. The normalized spacial score (nSPS) is 19.0. The van der Waals surface area contributed by atoms with Crippen LogP contribution in [-0.4, -0.2) is 36.0 Å². The Bertz CT molecular complexity index is 675. The zero-order valence-corrected chi connectivity index (χ0v) is 12.9. The molecule has 3 rings (SSSR count). The number of methoxy groups -OCH3 is 1. The highest BCUT2D eigenvalue weighted by Gasteiger charge is 2.26. The van der Waals surface area contributed by atoms with Gasteiger partial charge in [0.05, 0.1) is 23.6 Å². The topological polar surface area (TPSA) is 45.3 Å². The summed E-state index contributed by atoms with van der Waals surface area (Å²) in [5.41, 5.74) is 2.63. The van der Waals surface area contributed by atoms with Gasteiger partial charge in [-0.1, -0.05) is 13.0 Å². The molecule has 1 aliphatic rings. The van der Waals surface area contributed by atoms with E-state index in [1.165, 1.54) is 6.42 Å². The Hall–Kier alpha value is -1.97. The highest BCUT2D eigenvalue weighted by molar-refractivity contribution is 6.10. The van der Waals surface area contributed by atoms with Crippen LogP contribution in [0.4, 0.5) is 0 Å². The molecule has 1 saturated heterocycles. The average molecular weight is 286 g/mol. The predicted molar refractivity (Wildman–Crippen MR) is 83.9 cm³/mol. The lowest BCUT2D eigenvalue weighted by molar-refractivity contribution is 0.0684. The summed E-state index contributed by atoms with van der Waals surface area (Å²) in [6.07, 6.45) is 2.30. The first kappa shape index (κ1) is 14.0. The standard InChI is InChI=1S/C17H22N2O2/c1-11-6-5-9-19(10-11)17(20)15-12(2)18-13-7-4-8-14(21-3)16(13)15/h4,7-8,11,18H,5-6,9-10H2,1-3H3. The molecule has 2 heterocycles. The van der Waals surface area contributed by atoms with Gasteiger partial charge in [-0.2, -0.15) is 0 Å². The molecule has 1 aromatic heterocycles. The quantitative estimate of drug-likeness (QED) is 0.920. The van der Waals surface area contributed by atoms with E-state index in [4.69, 9.17) is 4.74 Å². The molecule has 4 heteroatoms. The van der Waals surface area contributed by atoms with Crippen LogP contribution in [0.3, 0.4) is 0 Å². The smallest absolute Gasteiger partial charge is 0.256 e. The Balaban J connectivity index is 2.07. The Labute approximate surface area is 125 Å². The first-order chi connectivity index (χ1) is 10.1. The average Bonchev–Trinajstić information content (AvgIpc) is 2.82. The van der Waals surface area contributed by atoms with Crippen molar-refractivity contribution in [1.82, 2.24) is 9.88 Å². The Morgan fingerprint density at radius 3 is 2.95 bits per heavy atom. The van der Waals surface area contributed by atoms with E-state index in [1.54, 1.807) is 7.11 Å². The predicted octanol–water partition coefficient (Wildman–Crippen LogP) is 3.36. The number of nitrogens with one attached hydrogen (secondary N) is 1. The number of hydrogen-bond donors (Lipinski definition) is 1. The molecule has 0 saturated carbocycles. The summed E-state index contributed by atoms with van der Waals surface area (Å²) in [5.74, 6) is 1.45. The number of aromatic amines is 1. The minimum Gasteiger partial charge on any atom is -0.496 e. The van der Waals surface area contributed by atoms with Crippen molar-refractivity contribution in [1.29, 1.82) is 0 Å². The highest BCUT2D eigenvalue weighted by Crippen LogP contribution is 2.32. The van der Waals surface area contributed by atoms with Crippen molar-refractivity contribution < 1.29 is 9.53 Å². The molecule has 4 nitrogen and oxygen atoms in total. The molecule has 1 aliphatic heterocycles. The summed E-state index contributed by atoms with van der Waals surface area (Å²) < 4.78 is 5.45. The van der Waals surface area contributed by atoms with Crippen molar-refractivity contribution in [2.45, 2.75) is 26.7 Å². The number of carbonyl (C=O) groups excluding carboxylic acids is 1. The second-order valence-corrected chi connectivity index (χ2v) is 6.01. The molecule has 112 valence electrons. The fourth-order valence-electron chi connectivity index (χ4n) is 3.31. The van der Waals surface area contributed by atoms with Crippen molar-refractivity contribution in [2.24, 2.45) is 5.92 Å². The summed E-state index contributed by atoms with van der Waals surface area (Å²) in [6, 6.07) is 5.83. The minimum absolute atomic E-state index is 0.120. The second kappa shape index (κ2) is 5.43. The van der Waals surface area contributed by atoms with E-state index in [0.717, 1.165) is 47.4 Å². The molecule has 1 atom stereocenters. The van der Waals surface area contributed by atoms with Crippen molar-refractivity contribution in [3.05, 3.63) is 29.5 Å². The fourth-order valence-corrected chi connectivity index (χ4v) is 3.31. The Kier molecular flexibility index (Phi) is 3.62. The summed E-state index contributed by atoms with van der Waals surface area (Å²) in [7, 11) is 1.65. The van der Waals surface area contributed by atoms with Crippen molar-refractivity contribution in [3.8, 4) is 5.75 Å². The van der Waals surface area contributed by atoms with Crippen molar-refractivity contribution in [2.75, 3.05) is 20.2 Å². The van der Waals surface area contributed by atoms with Crippen LogP contribution in [0.2, 0.25) is 0 Å². The van der Waals surface area contributed by atoms with Crippen molar-refractivity contribution >= 4 is 16.8 Å². The maximum atomic E-state index is 13.0. The third kappa shape index (κ3) is 2.39. The molecule has 1 fully saturated rings. The number of likely N-dealkylation sites (tertiary alicyclic amines) is 1. The Morgan fingerprint density at radius 2 is 2.24 bits per heavy atom. The SMILES string of the molecule is COc1cccc2[nH]c(C)c(C(=O)N3CCCC(C)C3)c12. The monoisotopic (exact) mass is 286 g/mol. The third-order valence-corrected chi connectivity index (χ3v) is 4.35. The lowest BCUT2D eigenvalue weighted by Gasteiger charge is -2.31. The number of H-pyrrole nitrogens is 1. The van der Waals surface area contributed by atoms with Gasteiger partial charge in [-0.3, -0.25) is 4.79 Å². The molecular weight excluding hydrogens is 264 g/mol. The van der Waals surface area contributed by atoms with Gasteiger partial charge in [0.15, 0.2) is 0 Å². The zero-order chi connectivity index (χ0) is 15.0. The van der Waals surface area contributed by atoms with Crippen LogP contribution in [0.15, 0.2) is 18.2 Å². The molecule has 0 spiro atoms. The number of ether oxygens (including phenoxy) is 1. The van der Waals surface area contributed by atoms with E-state index in [9.17, 15) is 4.79 Å². The maximum absolute atomic E-state index is 13.0. The molecule has 0 radical (unpaired) electrons. The first-order valence-corrected chi connectivity index (χ1v) is 7.56. The number of benzene rings is 1.